The van der Waals surface area contributed by atoms with Gasteiger partial charge in [-0.05, 0) is 19.1 Å². The van der Waals surface area contributed by atoms with Crippen molar-refractivity contribution in [2.45, 2.75) is 18.4 Å². The van der Waals surface area contributed by atoms with Crippen molar-refractivity contribution < 1.29 is 17.9 Å². The van der Waals surface area contributed by atoms with Crippen molar-refractivity contribution in [3.63, 3.8) is 0 Å². The molecule has 0 aliphatic carbocycles. The zero-order valence-electron chi connectivity index (χ0n) is 14.6. The van der Waals surface area contributed by atoms with Gasteiger partial charge >= 0.3 is 0 Å². The van der Waals surface area contributed by atoms with E-state index in [1.165, 1.54) is 12.1 Å². The molecular weight excluding hydrogens is 360 g/mol. The fraction of sp³-hybridized carbons (Fsp3) is 0.438. The molecule has 10 heteroatoms. The van der Waals surface area contributed by atoms with Crippen LogP contribution in [0.5, 0.6) is 0 Å². The Kier molecular flexibility index (Phi) is 4.97. The van der Waals surface area contributed by atoms with Gasteiger partial charge in [-0.15, -0.1) is 0 Å². The summed E-state index contributed by atoms with van der Waals surface area (Å²) in [5.41, 5.74) is 1.09. The van der Waals surface area contributed by atoms with Crippen molar-refractivity contribution in [3.8, 4) is 0 Å². The third-order valence-corrected chi connectivity index (χ3v) is 5.45. The summed E-state index contributed by atoms with van der Waals surface area (Å²) in [5, 5.41) is 15.3. The van der Waals surface area contributed by atoms with E-state index in [0.29, 0.717) is 38.4 Å². The van der Waals surface area contributed by atoms with E-state index in [0.717, 1.165) is 23.8 Å². The van der Waals surface area contributed by atoms with Gasteiger partial charge in [0.1, 0.15) is 5.69 Å². The highest BCUT2D eigenvalue weighted by molar-refractivity contribution is 7.90. The molecule has 1 saturated heterocycles. The molecular formula is C16H20N4O5S. The molecule has 0 unspecified atom stereocenters. The number of benzene rings is 1. The second-order valence-corrected chi connectivity index (χ2v) is 8.39. The summed E-state index contributed by atoms with van der Waals surface area (Å²) >= 11 is 0. The van der Waals surface area contributed by atoms with Crippen LogP contribution in [-0.2, 0) is 16.4 Å². The van der Waals surface area contributed by atoms with Gasteiger partial charge in [0.15, 0.2) is 15.6 Å². The summed E-state index contributed by atoms with van der Waals surface area (Å²) in [6, 6.07) is 5.96. The van der Waals surface area contributed by atoms with Gasteiger partial charge in [0, 0.05) is 44.6 Å². The molecule has 1 aliphatic rings. The smallest absolute Gasteiger partial charge is 0.293 e. The van der Waals surface area contributed by atoms with Gasteiger partial charge in [-0.2, -0.15) is 0 Å². The number of piperazine rings is 1. The minimum atomic E-state index is -3.50. The van der Waals surface area contributed by atoms with Crippen LogP contribution in [0, 0.1) is 17.0 Å². The second-order valence-electron chi connectivity index (χ2n) is 6.38. The fourth-order valence-corrected chi connectivity index (χ4v) is 3.65. The van der Waals surface area contributed by atoms with Gasteiger partial charge in [0.05, 0.1) is 22.1 Å². The zero-order chi connectivity index (χ0) is 18.9. The van der Waals surface area contributed by atoms with Gasteiger partial charge < -0.3 is 9.42 Å². The molecule has 140 valence electrons. The molecule has 1 fully saturated rings. The van der Waals surface area contributed by atoms with E-state index in [-0.39, 0.29) is 10.6 Å². The molecule has 9 nitrogen and oxygen atoms in total. The van der Waals surface area contributed by atoms with Gasteiger partial charge in [0.2, 0.25) is 0 Å². The van der Waals surface area contributed by atoms with E-state index in [1.54, 1.807) is 0 Å². The van der Waals surface area contributed by atoms with Crippen LogP contribution in [-0.4, -0.2) is 55.8 Å². The first kappa shape index (κ1) is 18.3. The Balaban J connectivity index is 1.73. The largest absolute Gasteiger partial charge is 0.363 e. The van der Waals surface area contributed by atoms with Crippen LogP contribution >= 0.6 is 0 Å². The number of anilines is 1. The highest BCUT2D eigenvalue weighted by Crippen LogP contribution is 2.31. The molecule has 1 aliphatic heterocycles. The Hall–Kier alpha value is -2.46. The normalized spacial score (nSPS) is 16.0. The van der Waals surface area contributed by atoms with Crippen molar-refractivity contribution in [1.29, 1.82) is 0 Å². The number of nitro groups is 1. The Bertz CT molecular complexity index is 916. The standard InChI is InChI=1S/C16H20N4O5S/c1-12-9-13(25-17-12)11-18-5-7-19(8-6-18)15-4-3-14(26(2,23)24)10-16(15)20(21)22/h3-4,9-10H,5-8,11H2,1-2H3. The molecule has 0 radical (unpaired) electrons. The Labute approximate surface area is 151 Å². The van der Waals surface area contributed by atoms with Crippen molar-refractivity contribution in [2.75, 3.05) is 37.3 Å². The molecule has 3 rings (SSSR count). The monoisotopic (exact) mass is 380 g/mol. The summed E-state index contributed by atoms with van der Waals surface area (Å²) in [5.74, 6) is 0.791. The van der Waals surface area contributed by atoms with E-state index >= 15 is 0 Å². The summed E-state index contributed by atoms with van der Waals surface area (Å²) in [6.07, 6.45) is 1.04. The lowest BCUT2D eigenvalue weighted by molar-refractivity contribution is -0.384. The first-order valence-electron chi connectivity index (χ1n) is 8.12. The molecule has 0 bridgehead atoms. The summed E-state index contributed by atoms with van der Waals surface area (Å²) in [4.78, 5) is 14.9. The maximum Gasteiger partial charge on any atom is 0.293 e. The number of sulfone groups is 1. The lowest BCUT2D eigenvalue weighted by Gasteiger charge is -2.35. The molecule has 2 heterocycles. The average Bonchev–Trinajstić information content (AvgIpc) is 2.99. The summed E-state index contributed by atoms with van der Waals surface area (Å²) < 4.78 is 28.5. The van der Waals surface area contributed by atoms with Crippen molar-refractivity contribution in [3.05, 3.63) is 45.8 Å². The number of nitro benzene ring substituents is 1. The molecule has 1 aromatic heterocycles. The van der Waals surface area contributed by atoms with Crippen LogP contribution in [0.15, 0.2) is 33.7 Å². The van der Waals surface area contributed by atoms with Crippen LogP contribution < -0.4 is 4.90 Å². The van der Waals surface area contributed by atoms with Gasteiger partial charge in [-0.25, -0.2) is 8.42 Å². The highest BCUT2D eigenvalue weighted by Gasteiger charge is 2.26. The SMILES string of the molecule is Cc1cc(CN2CCN(c3ccc(S(C)(=O)=O)cc3[N+](=O)[O-])CC2)on1. The highest BCUT2D eigenvalue weighted by atomic mass is 32.2. The van der Waals surface area contributed by atoms with E-state index in [1.807, 2.05) is 17.9 Å². The lowest BCUT2D eigenvalue weighted by Crippen LogP contribution is -2.46. The lowest BCUT2D eigenvalue weighted by atomic mass is 10.2. The maximum absolute atomic E-state index is 11.7. The summed E-state index contributed by atoms with van der Waals surface area (Å²) in [7, 11) is -3.50. The third kappa shape index (κ3) is 4.02. The van der Waals surface area contributed by atoms with Crippen LogP contribution in [0.4, 0.5) is 11.4 Å². The van der Waals surface area contributed by atoms with Crippen LogP contribution in [0.2, 0.25) is 0 Å². The fourth-order valence-electron chi connectivity index (χ4n) is 3.01. The van der Waals surface area contributed by atoms with Crippen molar-refractivity contribution >= 4 is 21.2 Å². The molecule has 0 amide bonds. The zero-order valence-corrected chi connectivity index (χ0v) is 15.4. The van der Waals surface area contributed by atoms with Crippen LogP contribution in [0.1, 0.15) is 11.5 Å². The second kappa shape index (κ2) is 7.04. The van der Waals surface area contributed by atoms with Gasteiger partial charge in [-0.3, -0.25) is 15.0 Å². The van der Waals surface area contributed by atoms with Crippen molar-refractivity contribution in [2.24, 2.45) is 0 Å². The van der Waals surface area contributed by atoms with Gasteiger partial charge in [-0.1, -0.05) is 5.16 Å². The quantitative estimate of drug-likeness (QED) is 0.568. The van der Waals surface area contributed by atoms with E-state index in [4.69, 9.17) is 4.52 Å². The Morgan fingerprint density at radius 3 is 2.46 bits per heavy atom. The number of hydrogen-bond acceptors (Lipinski definition) is 8. The summed E-state index contributed by atoms with van der Waals surface area (Å²) in [6.45, 7) is 5.14. The first-order chi connectivity index (χ1) is 12.2. The molecule has 0 spiro atoms. The maximum atomic E-state index is 11.7. The predicted octanol–water partition coefficient (Wildman–Crippen LogP) is 1.62. The number of nitrogens with zero attached hydrogens (tertiary/aromatic N) is 4. The third-order valence-electron chi connectivity index (χ3n) is 4.34. The molecule has 0 saturated carbocycles. The minimum Gasteiger partial charge on any atom is -0.363 e. The minimum absolute atomic E-state index is 0.0488. The molecule has 26 heavy (non-hydrogen) atoms. The molecule has 1 aromatic carbocycles. The van der Waals surface area contributed by atoms with E-state index < -0.39 is 14.8 Å². The number of aryl methyl sites for hydroxylation is 1. The van der Waals surface area contributed by atoms with Crippen LogP contribution in [0.25, 0.3) is 0 Å². The number of hydrogen-bond donors (Lipinski definition) is 0. The number of rotatable bonds is 5. The van der Waals surface area contributed by atoms with E-state index in [2.05, 4.69) is 10.1 Å². The van der Waals surface area contributed by atoms with Crippen LogP contribution in [0.3, 0.4) is 0 Å². The Morgan fingerprint density at radius 1 is 1.23 bits per heavy atom. The molecule has 0 N–H and O–H groups in total. The topological polar surface area (TPSA) is 110 Å². The average molecular weight is 380 g/mol. The predicted molar refractivity (Wildman–Crippen MR) is 94.9 cm³/mol. The molecule has 2 aromatic rings. The first-order valence-corrected chi connectivity index (χ1v) is 10.0. The number of aromatic nitrogens is 1. The Morgan fingerprint density at radius 2 is 1.92 bits per heavy atom. The van der Waals surface area contributed by atoms with Crippen molar-refractivity contribution in [1.82, 2.24) is 10.1 Å². The van der Waals surface area contributed by atoms with E-state index in [9.17, 15) is 18.5 Å². The van der Waals surface area contributed by atoms with Gasteiger partial charge in [0.25, 0.3) is 5.69 Å². The molecule has 0 atom stereocenters.